The van der Waals surface area contributed by atoms with Gasteiger partial charge in [0, 0.05) is 19.0 Å². The van der Waals surface area contributed by atoms with E-state index in [1.807, 2.05) is 20.1 Å². The summed E-state index contributed by atoms with van der Waals surface area (Å²) in [5.74, 6) is 0.622. The highest BCUT2D eigenvalue weighted by Crippen LogP contribution is 1.98. The van der Waals surface area contributed by atoms with Gasteiger partial charge in [-0.2, -0.15) is 11.8 Å². The predicted octanol–water partition coefficient (Wildman–Crippen LogP) is 0.0977. The molecule has 2 amide bonds. The molecule has 6 heteroatoms. The number of hydrogen-bond donors (Lipinski definition) is 3. The Kier molecular flexibility index (Phi) is 8.89. The van der Waals surface area contributed by atoms with Gasteiger partial charge in [0.2, 0.25) is 11.8 Å². The first-order valence-corrected chi connectivity index (χ1v) is 7.18. The van der Waals surface area contributed by atoms with Crippen LogP contribution in [0.1, 0.15) is 26.7 Å². The van der Waals surface area contributed by atoms with Gasteiger partial charge in [0.15, 0.2) is 0 Å². The van der Waals surface area contributed by atoms with Crippen LogP contribution in [0.2, 0.25) is 0 Å². The monoisotopic (exact) mass is 261 g/mol. The zero-order valence-electron chi connectivity index (χ0n) is 10.8. The molecule has 0 unspecified atom stereocenters. The molecule has 0 aromatic rings. The summed E-state index contributed by atoms with van der Waals surface area (Å²) < 4.78 is 0. The quantitative estimate of drug-likeness (QED) is 0.578. The van der Waals surface area contributed by atoms with Crippen LogP contribution in [-0.4, -0.2) is 42.5 Å². The van der Waals surface area contributed by atoms with E-state index in [9.17, 15) is 9.59 Å². The molecule has 0 saturated heterocycles. The summed E-state index contributed by atoms with van der Waals surface area (Å²) in [5, 5.41) is 5.42. The minimum absolute atomic E-state index is 0.0574. The van der Waals surface area contributed by atoms with E-state index < -0.39 is 6.04 Å². The van der Waals surface area contributed by atoms with E-state index in [0.717, 1.165) is 5.75 Å². The van der Waals surface area contributed by atoms with Crippen molar-refractivity contribution in [2.45, 2.75) is 38.8 Å². The van der Waals surface area contributed by atoms with E-state index in [1.54, 1.807) is 11.8 Å². The second-order valence-corrected chi connectivity index (χ2v) is 5.14. The molecular formula is C11H23N3O2S. The average Bonchev–Trinajstić information content (AvgIpc) is 2.24. The maximum absolute atomic E-state index is 11.5. The fourth-order valence-corrected chi connectivity index (χ4v) is 1.69. The van der Waals surface area contributed by atoms with Crippen LogP contribution >= 0.6 is 11.8 Å². The summed E-state index contributed by atoms with van der Waals surface area (Å²) in [7, 11) is 0. The highest BCUT2D eigenvalue weighted by Gasteiger charge is 2.12. The highest BCUT2D eigenvalue weighted by atomic mass is 32.2. The van der Waals surface area contributed by atoms with Crippen LogP contribution in [0.3, 0.4) is 0 Å². The van der Waals surface area contributed by atoms with E-state index in [1.165, 1.54) is 0 Å². The minimum Gasteiger partial charge on any atom is -0.354 e. The summed E-state index contributed by atoms with van der Waals surface area (Å²) >= 11 is 1.66. The van der Waals surface area contributed by atoms with Crippen molar-refractivity contribution < 1.29 is 9.59 Å². The summed E-state index contributed by atoms with van der Waals surface area (Å²) in [5.41, 5.74) is 5.67. The normalized spacial score (nSPS) is 12.3. The molecule has 4 N–H and O–H groups in total. The summed E-state index contributed by atoms with van der Waals surface area (Å²) in [4.78, 5) is 22.8. The zero-order valence-corrected chi connectivity index (χ0v) is 11.6. The van der Waals surface area contributed by atoms with Gasteiger partial charge in [0.05, 0.1) is 6.04 Å². The van der Waals surface area contributed by atoms with Gasteiger partial charge in [-0.05, 0) is 32.3 Å². The second kappa shape index (κ2) is 9.30. The van der Waals surface area contributed by atoms with Crippen LogP contribution in [0.25, 0.3) is 0 Å². The van der Waals surface area contributed by atoms with Crippen LogP contribution < -0.4 is 16.4 Å². The molecule has 0 aromatic carbocycles. The van der Waals surface area contributed by atoms with E-state index in [-0.39, 0.29) is 17.9 Å². The molecule has 17 heavy (non-hydrogen) atoms. The lowest BCUT2D eigenvalue weighted by molar-refractivity contribution is -0.123. The summed E-state index contributed by atoms with van der Waals surface area (Å²) in [6.45, 7) is 4.13. The number of nitrogens with one attached hydrogen (secondary N) is 2. The van der Waals surface area contributed by atoms with Crippen molar-refractivity contribution in [1.29, 1.82) is 0 Å². The molecule has 0 aliphatic heterocycles. The van der Waals surface area contributed by atoms with Crippen LogP contribution in [0, 0.1) is 0 Å². The van der Waals surface area contributed by atoms with Gasteiger partial charge in [-0.15, -0.1) is 0 Å². The van der Waals surface area contributed by atoms with Crippen LogP contribution in [0.5, 0.6) is 0 Å². The van der Waals surface area contributed by atoms with Crippen molar-refractivity contribution >= 4 is 23.6 Å². The maximum atomic E-state index is 11.5. The Morgan fingerprint density at radius 1 is 1.35 bits per heavy atom. The maximum Gasteiger partial charge on any atom is 0.236 e. The molecule has 0 rings (SSSR count). The smallest absolute Gasteiger partial charge is 0.236 e. The number of carbonyl (C=O) groups excluding carboxylic acids is 2. The van der Waals surface area contributed by atoms with Gasteiger partial charge in [0.1, 0.15) is 0 Å². The molecule has 0 heterocycles. The lowest BCUT2D eigenvalue weighted by Crippen LogP contribution is -2.42. The van der Waals surface area contributed by atoms with Gasteiger partial charge in [-0.25, -0.2) is 0 Å². The Morgan fingerprint density at radius 2 is 2.00 bits per heavy atom. The van der Waals surface area contributed by atoms with Crippen molar-refractivity contribution in [2.75, 3.05) is 18.6 Å². The van der Waals surface area contributed by atoms with Crippen molar-refractivity contribution in [1.82, 2.24) is 10.6 Å². The zero-order chi connectivity index (χ0) is 13.3. The Labute approximate surface area is 107 Å². The van der Waals surface area contributed by atoms with Crippen LogP contribution in [0.4, 0.5) is 0 Å². The molecule has 0 aromatic heterocycles. The molecule has 0 aliphatic rings. The molecule has 0 spiro atoms. The number of nitrogens with two attached hydrogens (primary N) is 1. The number of thioether (sulfide) groups is 1. The van der Waals surface area contributed by atoms with E-state index in [2.05, 4.69) is 10.6 Å². The van der Waals surface area contributed by atoms with Crippen molar-refractivity contribution in [2.24, 2.45) is 5.73 Å². The molecule has 100 valence electrons. The molecule has 0 bridgehead atoms. The number of rotatable bonds is 8. The summed E-state index contributed by atoms with van der Waals surface area (Å²) in [6, 6.07) is -0.349. The van der Waals surface area contributed by atoms with Gasteiger partial charge in [-0.3, -0.25) is 9.59 Å². The lowest BCUT2D eigenvalue weighted by atomic mass is 10.2. The fraction of sp³-hybridized carbons (Fsp3) is 0.818. The third-order valence-corrected chi connectivity index (χ3v) is 2.71. The van der Waals surface area contributed by atoms with Crippen molar-refractivity contribution in [3.05, 3.63) is 0 Å². The molecule has 0 fully saturated rings. The molecule has 5 nitrogen and oxygen atoms in total. The van der Waals surface area contributed by atoms with Gasteiger partial charge in [-0.1, -0.05) is 0 Å². The fourth-order valence-electron chi connectivity index (χ4n) is 1.20. The Morgan fingerprint density at radius 3 is 2.53 bits per heavy atom. The van der Waals surface area contributed by atoms with Gasteiger partial charge >= 0.3 is 0 Å². The van der Waals surface area contributed by atoms with Crippen LogP contribution in [0.15, 0.2) is 0 Å². The van der Waals surface area contributed by atoms with Crippen LogP contribution in [-0.2, 0) is 9.59 Å². The number of amides is 2. The number of hydrogen-bond acceptors (Lipinski definition) is 4. The first-order chi connectivity index (χ1) is 7.97. The molecule has 0 radical (unpaired) electrons. The standard InChI is InChI=1S/C11H23N3O2S/c1-8(2)14-10(15)4-6-13-11(16)9(12)5-7-17-3/h8-9H,4-7,12H2,1-3H3,(H,13,16)(H,14,15)/t9-/m0/s1. The first-order valence-electron chi connectivity index (χ1n) is 5.79. The van der Waals surface area contributed by atoms with E-state index in [0.29, 0.717) is 19.4 Å². The first kappa shape index (κ1) is 16.2. The molecule has 0 aliphatic carbocycles. The Bertz CT molecular complexity index is 247. The molecule has 0 saturated carbocycles. The molecular weight excluding hydrogens is 238 g/mol. The second-order valence-electron chi connectivity index (χ2n) is 4.15. The minimum atomic E-state index is -0.476. The summed E-state index contributed by atoms with van der Waals surface area (Å²) in [6.07, 6.45) is 2.92. The predicted molar refractivity (Wildman–Crippen MR) is 71.9 cm³/mol. The third kappa shape index (κ3) is 9.00. The topological polar surface area (TPSA) is 84.2 Å². The van der Waals surface area contributed by atoms with E-state index in [4.69, 9.17) is 5.73 Å². The lowest BCUT2D eigenvalue weighted by Gasteiger charge is -2.12. The van der Waals surface area contributed by atoms with Gasteiger partial charge < -0.3 is 16.4 Å². The Hall–Kier alpha value is -0.750. The van der Waals surface area contributed by atoms with Crippen molar-refractivity contribution in [3.8, 4) is 0 Å². The van der Waals surface area contributed by atoms with Gasteiger partial charge in [0.25, 0.3) is 0 Å². The van der Waals surface area contributed by atoms with Crippen molar-refractivity contribution in [3.63, 3.8) is 0 Å². The number of carbonyl (C=O) groups is 2. The average molecular weight is 261 g/mol. The highest BCUT2D eigenvalue weighted by molar-refractivity contribution is 7.98. The largest absolute Gasteiger partial charge is 0.354 e. The van der Waals surface area contributed by atoms with E-state index >= 15 is 0 Å². The third-order valence-electron chi connectivity index (χ3n) is 2.07. The molecule has 1 atom stereocenters. The Balaban J connectivity index is 3.66. The SMILES string of the molecule is CSCC[C@H](N)C(=O)NCCC(=O)NC(C)C.